The first-order chi connectivity index (χ1) is 9.61. The zero-order valence-electron chi connectivity index (χ0n) is 12.3. The Morgan fingerprint density at radius 1 is 1.10 bits per heavy atom. The Hall–Kier alpha value is -2.09. The molecule has 0 bridgehead atoms. The lowest BCUT2D eigenvalue weighted by atomic mass is 10.1. The van der Waals surface area contributed by atoms with E-state index in [4.69, 9.17) is 4.74 Å². The first-order valence-corrected chi connectivity index (χ1v) is 6.93. The SMILES string of the molecule is CCC(=O)c1ccccc1OCc1cc(C)ccc1C. The van der Waals surface area contributed by atoms with Crippen LogP contribution in [0, 0.1) is 13.8 Å². The second-order valence-corrected chi connectivity index (χ2v) is 4.99. The van der Waals surface area contributed by atoms with Gasteiger partial charge < -0.3 is 4.74 Å². The van der Waals surface area contributed by atoms with Crippen molar-refractivity contribution in [2.75, 3.05) is 0 Å². The molecule has 20 heavy (non-hydrogen) atoms. The molecule has 0 aromatic heterocycles. The predicted molar refractivity (Wildman–Crippen MR) is 81.3 cm³/mol. The zero-order valence-corrected chi connectivity index (χ0v) is 12.3. The van der Waals surface area contributed by atoms with Crippen molar-refractivity contribution in [3.63, 3.8) is 0 Å². The van der Waals surface area contributed by atoms with Crippen LogP contribution in [0.3, 0.4) is 0 Å². The van der Waals surface area contributed by atoms with Crippen LogP contribution < -0.4 is 4.74 Å². The third-order valence-corrected chi connectivity index (χ3v) is 3.40. The van der Waals surface area contributed by atoms with Gasteiger partial charge in [-0.05, 0) is 37.1 Å². The summed E-state index contributed by atoms with van der Waals surface area (Å²) in [5.41, 5.74) is 4.24. The summed E-state index contributed by atoms with van der Waals surface area (Å²) in [6.07, 6.45) is 0.490. The normalized spacial score (nSPS) is 10.3. The van der Waals surface area contributed by atoms with E-state index in [0.717, 1.165) is 5.56 Å². The lowest BCUT2D eigenvalue weighted by Crippen LogP contribution is -2.04. The van der Waals surface area contributed by atoms with E-state index in [1.165, 1.54) is 11.1 Å². The van der Waals surface area contributed by atoms with Gasteiger partial charge in [0, 0.05) is 6.42 Å². The van der Waals surface area contributed by atoms with E-state index >= 15 is 0 Å². The van der Waals surface area contributed by atoms with E-state index in [9.17, 15) is 4.79 Å². The smallest absolute Gasteiger partial charge is 0.166 e. The number of rotatable bonds is 5. The predicted octanol–water partition coefficient (Wildman–Crippen LogP) is 4.48. The van der Waals surface area contributed by atoms with Crippen molar-refractivity contribution >= 4 is 5.78 Å². The van der Waals surface area contributed by atoms with Crippen molar-refractivity contribution in [3.8, 4) is 5.75 Å². The van der Waals surface area contributed by atoms with Gasteiger partial charge in [0.15, 0.2) is 5.78 Å². The fourth-order valence-electron chi connectivity index (χ4n) is 2.12. The molecule has 2 nitrogen and oxygen atoms in total. The highest BCUT2D eigenvalue weighted by Crippen LogP contribution is 2.22. The second-order valence-electron chi connectivity index (χ2n) is 4.99. The molecule has 0 atom stereocenters. The lowest BCUT2D eigenvalue weighted by Gasteiger charge is -2.12. The van der Waals surface area contributed by atoms with Gasteiger partial charge in [-0.2, -0.15) is 0 Å². The molecule has 0 fully saturated rings. The zero-order chi connectivity index (χ0) is 14.5. The number of hydrogen-bond donors (Lipinski definition) is 0. The van der Waals surface area contributed by atoms with Crippen molar-refractivity contribution in [2.45, 2.75) is 33.8 Å². The Kier molecular flexibility index (Phi) is 4.57. The molecule has 0 aliphatic carbocycles. The molecule has 0 heterocycles. The van der Waals surface area contributed by atoms with Crippen LogP contribution in [-0.4, -0.2) is 5.78 Å². The molecule has 0 spiro atoms. The summed E-state index contributed by atoms with van der Waals surface area (Å²) in [5, 5.41) is 0. The molecule has 0 saturated carbocycles. The van der Waals surface area contributed by atoms with Gasteiger partial charge in [0.2, 0.25) is 0 Å². The van der Waals surface area contributed by atoms with E-state index in [1.54, 1.807) is 0 Å². The molecule has 0 radical (unpaired) electrons. The second kappa shape index (κ2) is 6.38. The van der Waals surface area contributed by atoms with Crippen LogP contribution in [0.2, 0.25) is 0 Å². The molecular formula is C18H20O2. The van der Waals surface area contributed by atoms with Gasteiger partial charge in [-0.15, -0.1) is 0 Å². The summed E-state index contributed by atoms with van der Waals surface area (Å²) in [7, 11) is 0. The number of para-hydroxylation sites is 1. The third kappa shape index (κ3) is 3.27. The summed E-state index contributed by atoms with van der Waals surface area (Å²) in [6, 6.07) is 13.8. The van der Waals surface area contributed by atoms with Crippen molar-refractivity contribution in [1.82, 2.24) is 0 Å². The minimum atomic E-state index is 0.113. The Morgan fingerprint density at radius 3 is 2.60 bits per heavy atom. The third-order valence-electron chi connectivity index (χ3n) is 3.40. The number of carbonyl (C=O) groups excluding carboxylic acids is 1. The van der Waals surface area contributed by atoms with Gasteiger partial charge in [-0.25, -0.2) is 0 Å². The van der Waals surface area contributed by atoms with Gasteiger partial charge in [-0.1, -0.05) is 42.8 Å². The lowest BCUT2D eigenvalue weighted by molar-refractivity contribution is 0.0983. The summed E-state index contributed by atoms with van der Waals surface area (Å²) < 4.78 is 5.86. The number of benzene rings is 2. The van der Waals surface area contributed by atoms with Crippen LogP contribution in [0.1, 0.15) is 40.4 Å². The minimum absolute atomic E-state index is 0.113. The fourth-order valence-corrected chi connectivity index (χ4v) is 2.12. The van der Waals surface area contributed by atoms with Gasteiger partial charge in [-0.3, -0.25) is 4.79 Å². The van der Waals surface area contributed by atoms with E-state index in [-0.39, 0.29) is 5.78 Å². The summed E-state index contributed by atoms with van der Waals surface area (Å²) in [4.78, 5) is 11.9. The van der Waals surface area contributed by atoms with Crippen molar-refractivity contribution in [1.29, 1.82) is 0 Å². The van der Waals surface area contributed by atoms with E-state index in [1.807, 2.05) is 31.2 Å². The number of ether oxygens (including phenoxy) is 1. The Labute approximate surface area is 120 Å². The molecule has 0 aliphatic rings. The van der Waals surface area contributed by atoms with Crippen LogP contribution in [0.4, 0.5) is 0 Å². The summed E-state index contributed by atoms with van der Waals surface area (Å²) in [6.45, 7) is 6.49. The summed E-state index contributed by atoms with van der Waals surface area (Å²) >= 11 is 0. The van der Waals surface area contributed by atoms with Gasteiger partial charge in [0.25, 0.3) is 0 Å². The minimum Gasteiger partial charge on any atom is -0.488 e. The van der Waals surface area contributed by atoms with Crippen molar-refractivity contribution in [3.05, 3.63) is 64.7 Å². The van der Waals surface area contributed by atoms with Gasteiger partial charge in [0.1, 0.15) is 12.4 Å². The molecule has 2 heteroatoms. The highest BCUT2D eigenvalue weighted by molar-refractivity contribution is 5.98. The monoisotopic (exact) mass is 268 g/mol. The van der Waals surface area contributed by atoms with Crippen LogP contribution in [0.25, 0.3) is 0 Å². The fraction of sp³-hybridized carbons (Fsp3) is 0.278. The molecule has 0 aliphatic heterocycles. The maximum atomic E-state index is 11.9. The maximum absolute atomic E-state index is 11.9. The number of ketones is 1. The van der Waals surface area contributed by atoms with Crippen molar-refractivity contribution < 1.29 is 9.53 Å². The molecule has 104 valence electrons. The first kappa shape index (κ1) is 14.3. The van der Waals surface area contributed by atoms with E-state index < -0.39 is 0 Å². The van der Waals surface area contributed by atoms with Crippen LogP contribution >= 0.6 is 0 Å². The highest BCUT2D eigenvalue weighted by Gasteiger charge is 2.10. The topological polar surface area (TPSA) is 26.3 Å². The molecule has 0 unspecified atom stereocenters. The highest BCUT2D eigenvalue weighted by atomic mass is 16.5. The van der Waals surface area contributed by atoms with E-state index in [0.29, 0.717) is 24.3 Å². The first-order valence-electron chi connectivity index (χ1n) is 6.93. The standard InChI is InChI=1S/C18H20O2/c1-4-17(19)16-7-5-6-8-18(16)20-12-15-11-13(2)9-10-14(15)3/h5-11H,4,12H2,1-3H3. The Bertz CT molecular complexity index is 615. The van der Waals surface area contributed by atoms with Gasteiger partial charge >= 0.3 is 0 Å². The average molecular weight is 268 g/mol. The van der Waals surface area contributed by atoms with Gasteiger partial charge in [0.05, 0.1) is 5.56 Å². The number of aryl methyl sites for hydroxylation is 2. The Morgan fingerprint density at radius 2 is 1.85 bits per heavy atom. The number of Topliss-reactive ketones (excluding diaryl/α,β-unsaturated/α-hetero) is 1. The molecule has 2 aromatic carbocycles. The van der Waals surface area contributed by atoms with Crippen molar-refractivity contribution in [2.24, 2.45) is 0 Å². The van der Waals surface area contributed by atoms with Crippen LogP contribution in [0.5, 0.6) is 5.75 Å². The number of hydrogen-bond acceptors (Lipinski definition) is 2. The van der Waals surface area contributed by atoms with E-state index in [2.05, 4.69) is 32.0 Å². The largest absolute Gasteiger partial charge is 0.488 e. The number of carbonyl (C=O) groups is 1. The molecule has 0 amide bonds. The Balaban J connectivity index is 2.19. The molecule has 0 N–H and O–H groups in total. The molecule has 2 aromatic rings. The summed E-state index contributed by atoms with van der Waals surface area (Å²) in [5.74, 6) is 0.779. The molecule has 2 rings (SSSR count). The molecule has 0 saturated heterocycles. The molecular weight excluding hydrogens is 248 g/mol. The van der Waals surface area contributed by atoms with Crippen LogP contribution in [0.15, 0.2) is 42.5 Å². The maximum Gasteiger partial charge on any atom is 0.166 e. The quantitative estimate of drug-likeness (QED) is 0.748. The van der Waals surface area contributed by atoms with Crippen LogP contribution in [-0.2, 0) is 6.61 Å². The average Bonchev–Trinajstić information content (AvgIpc) is 2.47.